The molecule has 0 aromatic carbocycles. The minimum atomic E-state index is 0.0714. The second-order valence-electron chi connectivity index (χ2n) is 6.29. The SMILES string of the molecule is Cc1occc1C(=O)N1CCC[C@H](n2ccnc2C(C)C)C1. The van der Waals surface area contributed by atoms with Crippen molar-refractivity contribution < 1.29 is 9.21 Å². The van der Waals surface area contributed by atoms with E-state index in [1.54, 1.807) is 12.3 Å². The fourth-order valence-corrected chi connectivity index (χ4v) is 3.22. The van der Waals surface area contributed by atoms with Crippen LogP contribution in [0.4, 0.5) is 0 Å². The first-order valence-electron chi connectivity index (χ1n) is 7.94. The van der Waals surface area contributed by atoms with E-state index in [0.29, 0.717) is 23.3 Å². The van der Waals surface area contributed by atoms with Crippen LogP contribution in [-0.2, 0) is 0 Å². The van der Waals surface area contributed by atoms with Crippen LogP contribution in [0.1, 0.15) is 60.6 Å². The molecule has 0 aliphatic carbocycles. The molecule has 1 aliphatic rings. The van der Waals surface area contributed by atoms with Gasteiger partial charge in [0.2, 0.25) is 0 Å². The number of hydrogen-bond acceptors (Lipinski definition) is 3. The van der Waals surface area contributed by atoms with Crippen molar-refractivity contribution in [3.63, 3.8) is 0 Å². The van der Waals surface area contributed by atoms with Gasteiger partial charge in [0, 0.05) is 31.4 Å². The van der Waals surface area contributed by atoms with Crippen LogP contribution < -0.4 is 0 Å². The summed E-state index contributed by atoms with van der Waals surface area (Å²) in [6, 6.07) is 2.07. The predicted octanol–water partition coefficient (Wildman–Crippen LogP) is 3.39. The van der Waals surface area contributed by atoms with Gasteiger partial charge < -0.3 is 13.9 Å². The van der Waals surface area contributed by atoms with Crippen molar-refractivity contribution in [2.45, 2.75) is 45.6 Å². The number of aryl methyl sites for hydroxylation is 1. The molecule has 0 bridgehead atoms. The predicted molar refractivity (Wildman–Crippen MR) is 83.9 cm³/mol. The number of carbonyl (C=O) groups is 1. The van der Waals surface area contributed by atoms with E-state index < -0.39 is 0 Å². The van der Waals surface area contributed by atoms with Crippen LogP contribution >= 0.6 is 0 Å². The Morgan fingerprint density at radius 1 is 1.45 bits per heavy atom. The molecule has 118 valence electrons. The number of furan rings is 1. The van der Waals surface area contributed by atoms with E-state index >= 15 is 0 Å². The van der Waals surface area contributed by atoms with Crippen LogP contribution in [0.2, 0.25) is 0 Å². The molecular weight excluding hydrogens is 278 g/mol. The van der Waals surface area contributed by atoms with Crippen LogP contribution in [0.3, 0.4) is 0 Å². The zero-order valence-corrected chi connectivity index (χ0v) is 13.5. The Kier molecular flexibility index (Phi) is 4.05. The number of nitrogens with zero attached hydrogens (tertiary/aromatic N) is 3. The maximum atomic E-state index is 12.7. The average molecular weight is 301 g/mol. The minimum absolute atomic E-state index is 0.0714. The van der Waals surface area contributed by atoms with Crippen molar-refractivity contribution in [2.24, 2.45) is 0 Å². The van der Waals surface area contributed by atoms with Crippen molar-refractivity contribution in [1.82, 2.24) is 14.5 Å². The largest absolute Gasteiger partial charge is 0.469 e. The Hall–Kier alpha value is -2.04. The van der Waals surface area contributed by atoms with E-state index in [4.69, 9.17) is 4.42 Å². The first-order chi connectivity index (χ1) is 10.6. The molecule has 1 atom stereocenters. The van der Waals surface area contributed by atoms with Crippen molar-refractivity contribution in [3.05, 3.63) is 41.9 Å². The van der Waals surface area contributed by atoms with Gasteiger partial charge in [-0.05, 0) is 25.8 Å². The van der Waals surface area contributed by atoms with Crippen LogP contribution in [0.15, 0.2) is 29.1 Å². The van der Waals surface area contributed by atoms with E-state index in [0.717, 1.165) is 31.8 Å². The molecule has 0 spiro atoms. The highest BCUT2D eigenvalue weighted by atomic mass is 16.3. The Morgan fingerprint density at radius 2 is 2.27 bits per heavy atom. The lowest BCUT2D eigenvalue weighted by atomic mass is 10.0. The molecule has 0 N–H and O–H groups in total. The monoisotopic (exact) mass is 301 g/mol. The number of likely N-dealkylation sites (tertiary alicyclic amines) is 1. The summed E-state index contributed by atoms with van der Waals surface area (Å²) in [7, 11) is 0. The van der Waals surface area contributed by atoms with Crippen molar-refractivity contribution in [1.29, 1.82) is 0 Å². The molecule has 0 unspecified atom stereocenters. The van der Waals surface area contributed by atoms with Gasteiger partial charge in [0.1, 0.15) is 11.6 Å². The molecule has 2 aromatic heterocycles. The topological polar surface area (TPSA) is 51.3 Å². The van der Waals surface area contributed by atoms with Crippen molar-refractivity contribution in [3.8, 4) is 0 Å². The number of hydrogen-bond donors (Lipinski definition) is 0. The third-order valence-corrected chi connectivity index (χ3v) is 4.38. The van der Waals surface area contributed by atoms with E-state index in [1.165, 1.54) is 0 Å². The van der Waals surface area contributed by atoms with Gasteiger partial charge in [-0.15, -0.1) is 0 Å². The summed E-state index contributed by atoms with van der Waals surface area (Å²) in [4.78, 5) is 19.1. The molecule has 2 aromatic rings. The molecule has 1 aliphatic heterocycles. The fraction of sp³-hybridized carbons (Fsp3) is 0.529. The minimum Gasteiger partial charge on any atom is -0.469 e. The second-order valence-corrected chi connectivity index (χ2v) is 6.29. The van der Waals surface area contributed by atoms with Crippen molar-refractivity contribution in [2.75, 3.05) is 13.1 Å². The molecule has 5 heteroatoms. The van der Waals surface area contributed by atoms with Gasteiger partial charge in [-0.3, -0.25) is 4.79 Å². The Bertz CT molecular complexity index is 656. The van der Waals surface area contributed by atoms with E-state index in [-0.39, 0.29) is 5.91 Å². The van der Waals surface area contributed by atoms with Gasteiger partial charge >= 0.3 is 0 Å². The fourth-order valence-electron chi connectivity index (χ4n) is 3.22. The van der Waals surface area contributed by atoms with E-state index in [9.17, 15) is 4.79 Å². The zero-order chi connectivity index (χ0) is 15.7. The first-order valence-corrected chi connectivity index (χ1v) is 7.94. The number of aromatic nitrogens is 2. The second kappa shape index (κ2) is 5.99. The molecule has 3 rings (SSSR count). The van der Waals surface area contributed by atoms with Crippen molar-refractivity contribution >= 4 is 5.91 Å². The number of amides is 1. The molecule has 0 radical (unpaired) electrons. The molecule has 22 heavy (non-hydrogen) atoms. The molecule has 1 fully saturated rings. The van der Waals surface area contributed by atoms with E-state index in [2.05, 4.69) is 23.4 Å². The van der Waals surface area contributed by atoms with Crippen LogP contribution in [0, 0.1) is 6.92 Å². The standard InChI is InChI=1S/C17H23N3O2/c1-12(2)16-18-7-9-20(16)14-5-4-8-19(11-14)17(21)15-6-10-22-13(15)3/h6-7,9-10,12,14H,4-5,8,11H2,1-3H3/t14-/m0/s1. The summed E-state index contributed by atoms with van der Waals surface area (Å²) in [5.41, 5.74) is 0.676. The third kappa shape index (κ3) is 2.67. The number of piperidine rings is 1. The lowest BCUT2D eigenvalue weighted by Crippen LogP contribution is -2.41. The maximum absolute atomic E-state index is 12.7. The van der Waals surface area contributed by atoms with Crippen LogP contribution in [-0.4, -0.2) is 33.4 Å². The summed E-state index contributed by atoms with van der Waals surface area (Å²) in [6.45, 7) is 7.69. The average Bonchev–Trinajstić information content (AvgIpc) is 3.15. The summed E-state index contributed by atoms with van der Waals surface area (Å²) in [6.07, 6.45) is 7.58. The first kappa shape index (κ1) is 14.9. The lowest BCUT2D eigenvalue weighted by Gasteiger charge is -2.34. The Morgan fingerprint density at radius 3 is 2.95 bits per heavy atom. The van der Waals surface area contributed by atoms with Gasteiger partial charge in [-0.25, -0.2) is 4.98 Å². The number of carbonyl (C=O) groups excluding carboxylic acids is 1. The molecule has 5 nitrogen and oxygen atoms in total. The van der Waals surface area contributed by atoms with Gasteiger partial charge in [0.05, 0.1) is 17.9 Å². The van der Waals surface area contributed by atoms with Gasteiger partial charge in [-0.2, -0.15) is 0 Å². The lowest BCUT2D eigenvalue weighted by molar-refractivity contribution is 0.0676. The summed E-state index contributed by atoms with van der Waals surface area (Å²) < 4.78 is 7.51. The Balaban J connectivity index is 1.78. The van der Waals surface area contributed by atoms with E-state index in [1.807, 2.05) is 24.2 Å². The molecule has 1 saturated heterocycles. The molecule has 3 heterocycles. The third-order valence-electron chi connectivity index (χ3n) is 4.38. The summed E-state index contributed by atoms with van der Waals surface area (Å²) in [5.74, 6) is 2.25. The highest BCUT2D eigenvalue weighted by Crippen LogP contribution is 2.27. The summed E-state index contributed by atoms with van der Waals surface area (Å²) >= 11 is 0. The molecular formula is C17H23N3O2. The Labute approximate surface area is 130 Å². The highest BCUT2D eigenvalue weighted by Gasteiger charge is 2.28. The molecule has 1 amide bonds. The van der Waals surface area contributed by atoms with Gasteiger partial charge in [-0.1, -0.05) is 13.8 Å². The van der Waals surface area contributed by atoms with Gasteiger partial charge in [0.25, 0.3) is 5.91 Å². The quantitative estimate of drug-likeness (QED) is 0.873. The van der Waals surface area contributed by atoms with Crippen LogP contribution in [0.5, 0.6) is 0 Å². The zero-order valence-electron chi connectivity index (χ0n) is 13.5. The van der Waals surface area contributed by atoms with Gasteiger partial charge in [0.15, 0.2) is 0 Å². The van der Waals surface area contributed by atoms with Crippen LogP contribution in [0.25, 0.3) is 0 Å². The smallest absolute Gasteiger partial charge is 0.257 e. The number of rotatable bonds is 3. The number of imidazole rings is 1. The highest BCUT2D eigenvalue weighted by molar-refractivity contribution is 5.95. The summed E-state index contributed by atoms with van der Waals surface area (Å²) in [5, 5.41) is 0. The molecule has 0 saturated carbocycles. The normalized spacial score (nSPS) is 18.9. The maximum Gasteiger partial charge on any atom is 0.257 e.